The number of hydrogen-bond donors (Lipinski definition) is 1. The molecule has 3 aliphatic heterocycles. The zero-order valence-electron chi connectivity index (χ0n) is 13.9. The molecule has 1 aromatic heterocycles. The number of rotatable bonds is 3. The van der Waals surface area contributed by atoms with Gasteiger partial charge < -0.3 is 14.8 Å². The van der Waals surface area contributed by atoms with Crippen molar-refractivity contribution in [2.45, 2.75) is 12.5 Å². The third-order valence-electron chi connectivity index (χ3n) is 5.07. The summed E-state index contributed by atoms with van der Waals surface area (Å²) < 4.78 is 12.2. The minimum Gasteiger partial charge on any atom is -0.493 e. The fourth-order valence-electron chi connectivity index (χ4n) is 3.78. The van der Waals surface area contributed by atoms with Gasteiger partial charge in [0.15, 0.2) is 5.13 Å². The molecule has 132 valence electrons. The number of carbonyl (C=O) groups excluding carboxylic acids is 1. The number of thiazole rings is 1. The highest BCUT2D eigenvalue weighted by Gasteiger charge is 2.36. The van der Waals surface area contributed by atoms with Crippen molar-refractivity contribution in [3.8, 4) is 5.75 Å². The second-order valence-corrected chi connectivity index (χ2v) is 7.62. The van der Waals surface area contributed by atoms with Gasteiger partial charge in [-0.3, -0.25) is 9.80 Å². The zero-order valence-corrected chi connectivity index (χ0v) is 14.7. The first kappa shape index (κ1) is 15.4. The van der Waals surface area contributed by atoms with Gasteiger partial charge in [-0.15, -0.1) is 0 Å². The molecule has 0 saturated carbocycles. The molecule has 0 radical (unpaired) electrons. The molecule has 0 aliphatic carbocycles. The maximum Gasteiger partial charge on any atom is 0.324 e. The highest BCUT2D eigenvalue weighted by Crippen LogP contribution is 2.38. The van der Waals surface area contributed by atoms with Crippen LogP contribution in [0.15, 0.2) is 12.1 Å². The van der Waals surface area contributed by atoms with Gasteiger partial charge in [-0.2, -0.15) is 0 Å². The molecule has 0 unspecified atom stereocenters. The lowest BCUT2D eigenvalue weighted by atomic mass is 10.1. The van der Waals surface area contributed by atoms with E-state index in [9.17, 15) is 4.79 Å². The number of hydrogen-bond acceptors (Lipinski definition) is 6. The van der Waals surface area contributed by atoms with E-state index in [4.69, 9.17) is 14.5 Å². The van der Waals surface area contributed by atoms with Crippen LogP contribution in [0.5, 0.6) is 5.75 Å². The molecule has 2 amide bonds. The number of amides is 2. The van der Waals surface area contributed by atoms with Gasteiger partial charge in [0.2, 0.25) is 0 Å². The van der Waals surface area contributed by atoms with Crippen molar-refractivity contribution in [1.29, 1.82) is 0 Å². The number of morpholine rings is 1. The van der Waals surface area contributed by atoms with Gasteiger partial charge in [-0.1, -0.05) is 11.3 Å². The Morgan fingerprint density at radius 3 is 3.04 bits per heavy atom. The van der Waals surface area contributed by atoms with Crippen molar-refractivity contribution in [2.24, 2.45) is 0 Å². The Bertz CT molecular complexity index is 818. The summed E-state index contributed by atoms with van der Waals surface area (Å²) in [6, 6.07) is 4.12. The fourth-order valence-corrected chi connectivity index (χ4v) is 4.84. The highest BCUT2D eigenvalue weighted by molar-refractivity contribution is 7.22. The molecule has 1 aromatic carbocycles. The van der Waals surface area contributed by atoms with Crippen molar-refractivity contribution < 1.29 is 14.3 Å². The first-order valence-corrected chi connectivity index (χ1v) is 9.53. The third-order valence-corrected chi connectivity index (χ3v) is 6.09. The maximum absolute atomic E-state index is 12.5. The average molecular weight is 360 g/mol. The molecular weight excluding hydrogens is 340 g/mol. The number of nitrogens with one attached hydrogen (secondary N) is 1. The second kappa shape index (κ2) is 6.12. The van der Waals surface area contributed by atoms with Crippen LogP contribution in [0.2, 0.25) is 0 Å². The van der Waals surface area contributed by atoms with E-state index in [1.54, 1.807) is 11.3 Å². The number of nitrogens with zero attached hydrogens (tertiary/aromatic N) is 3. The second-order valence-electron chi connectivity index (χ2n) is 6.61. The minimum absolute atomic E-state index is 0.0507. The van der Waals surface area contributed by atoms with Crippen LogP contribution in [0.25, 0.3) is 10.2 Å². The third kappa shape index (κ3) is 2.65. The summed E-state index contributed by atoms with van der Waals surface area (Å²) in [5.74, 6) is 0.931. The number of benzene rings is 1. The number of ether oxygens (including phenoxy) is 2. The molecule has 0 spiro atoms. The molecule has 5 rings (SSSR count). The van der Waals surface area contributed by atoms with Gasteiger partial charge in [0.1, 0.15) is 5.75 Å². The van der Waals surface area contributed by atoms with E-state index in [0.29, 0.717) is 13.2 Å². The predicted octanol–water partition coefficient (Wildman–Crippen LogP) is 1.46. The predicted molar refractivity (Wildman–Crippen MR) is 95.7 cm³/mol. The van der Waals surface area contributed by atoms with Gasteiger partial charge >= 0.3 is 6.03 Å². The summed E-state index contributed by atoms with van der Waals surface area (Å²) in [5, 5.41) is 3.76. The smallest absolute Gasteiger partial charge is 0.324 e. The van der Waals surface area contributed by atoms with Crippen LogP contribution in [0, 0.1) is 0 Å². The number of anilines is 1. The van der Waals surface area contributed by atoms with Crippen molar-refractivity contribution in [3.63, 3.8) is 0 Å². The standard InChI is InChI=1S/C17H20N4O3S/c22-16-18-9-11(10-20-4-7-23-8-5-20)21(16)17-19-15-12-3-6-24-13(12)1-2-14(15)25-17/h1-2,11H,3-10H2,(H,18,22)/t11-/m0/s1. The van der Waals surface area contributed by atoms with E-state index in [2.05, 4.69) is 10.2 Å². The Morgan fingerprint density at radius 1 is 1.28 bits per heavy atom. The molecule has 25 heavy (non-hydrogen) atoms. The quantitative estimate of drug-likeness (QED) is 0.898. The molecular formula is C17H20N4O3S. The molecule has 3 aliphatic rings. The van der Waals surface area contributed by atoms with Crippen LogP contribution < -0.4 is 15.0 Å². The molecule has 1 atom stereocenters. The van der Waals surface area contributed by atoms with Gasteiger partial charge in [0.25, 0.3) is 0 Å². The number of carbonyl (C=O) groups is 1. The first-order chi connectivity index (χ1) is 12.3. The van der Waals surface area contributed by atoms with Crippen LogP contribution >= 0.6 is 11.3 Å². The van der Waals surface area contributed by atoms with Crippen LogP contribution in [-0.4, -0.2) is 68.0 Å². The lowest BCUT2D eigenvalue weighted by Gasteiger charge is -2.31. The highest BCUT2D eigenvalue weighted by atomic mass is 32.1. The van der Waals surface area contributed by atoms with Crippen molar-refractivity contribution in [1.82, 2.24) is 15.2 Å². The summed E-state index contributed by atoms with van der Waals surface area (Å²) in [5.41, 5.74) is 2.16. The van der Waals surface area contributed by atoms with Crippen molar-refractivity contribution in [3.05, 3.63) is 17.7 Å². The normalized spacial score (nSPS) is 23.8. The molecule has 4 heterocycles. The van der Waals surface area contributed by atoms with Crippen molar-refractivity contribution >= 4 is 32.7 Å². The van der Waals surface area contributed by atoms with Gasteiger partial charge in [0.05, 0.1) is 36.1 Å². The van der Waals surface area contributed by atoms with E-state index in [1.165, 1.54) is 5.56 Å². The molecule has 2 saturated heterocycles. The average Bonchev–Trinajstić information content (AvgIpc) is 3.33. The summed E-state index contributed by atoms with van der Waals surface area (Å²) in [7, 11) is 0. The number of urea groups is 1. The Morgan fingerprint density at radius 2 is 2.16 bits per heavy atom. The van der Waals surface area contributed by atoms with E-state index >= 15 is 0 Å². The van der Waals surface area contributed by atoms with E-state index < -0.39 is 0 Å². The van der Waals surface area contributed by atoms with Crippen LogP contribution in [0.3, 0.4) is 0 Å². The zero-order chi connectivity index (χ0) is 16.8. The van der Waals surface area contributed by atoms with E-state index in [1.807, 2.05) is 17.0 Å². The largest absolute Gasteiger partial charge is 0.493 e. The summed E-state index contributed by atoms with van der Waals surface area (Å²) >= 11 is 1.59. The summed E-state index contributed by atoms with van der Waals surface area (Å²) in [4.78, 5) is 21.5. The first-order valence-electron chi connectivity index (χ1n) is 8.72. The number of aromatic nitrogens is 1. The van der Waals surface area contributed by atoms with Crippen LogP contribution in [-0.2, 0) is 11.2 Å². The molecule has 2 aromatic rings. The number of fused-ring (bicyclic) bond motifs is 3. The van der Waals surface area contributed by atoms with E-state index in [0.717, 1.165) is 60.4 Å². The fraction of sp³-hybridized carbons (Fsp3) is 0.529. The molecule has 1 N–H and O–H groups in total. The molecule has 7 nitrogen and oxygen atoms in total. The van der Waals surface area contributed by atoms with Crippen molar-refractivity contribution in [2.75, 3.05) is 50.9 Å². The maximum atomic E-state index is 12.5. The summed E-state index contributed by atoms with van der Waals surface area (Å²) in [6.45, 7) is 5.59. The Labute approximate surface area is 149 Å². The summed E-state index contributed by atoms with van der Waals surface area (Å²) in [6.07, 6.45) is 0.888. The van der Waals surface area contributed by atoms with E-state index in [-0.39, 0.29) is 12.1 Å². The lowest BCUT2D eigenvalue weighted by Crippen LogP contribution is -2.46. The van der Waals surface area contributed by atoms with Crippen LogP contribution in [0.1, 0.15) is 5.56 Å². The van der Waals surface area contributed by atoms with Gasteiger partial charge in [0, 0.05) is 38.2 Å². The van der Waals surface area contributed by atoms with Crippen LogP contribution in [0.4, 0.5) is 9.93 Å². The minimum atomic E-state index is -0.0507. The van der Waals surface area contributed by atoms with Gasteiger partial charge in [-0.05, 0) is 12.1 Å². The Kier molecular flexibility index (Phi) is 3.76. The Hall–Kier alpha value is -1.90. The monoisotopic (exact) mass is 360 g/mol. The van der Waals surface area contributed by atoms with Gasteiger partial charge in [-0.25, -0.2) is 9.78 Å². The molecule has 0 bridgehead atoms. The molecule has 8 heteroatoms. The Balaban J connectivity index is 1.45. The topological polar surface area (TPSA) is 66.9 Å². The lowest BCUT2D eigenvalue weighted by molar-refractivity contribution is 0.0360. The SMILES string of the molecule is O=C1NC[C@@H](CN2CCOCC2)N1c1nc2c3c(ccc2s1)OCC3. The molecule has 2 fully saturated rings.